The van der Waals surface area contributed by atoms with Crippen LogP contribution in [0.25, 0.3) is 0 Å². The fourth-order valence-corrected chi connectivity index (χ4v) is 1.64. The van der Waals surface area contributed by atoms with Gasteiger partial charge in [0.25, 0.3) is 0 Å². The van der Waals surface area contributed by atoms with E-state index in [1.165, 1.54) is 6.42 Å². The van der Waals surface area contributed by atoms with E-state index in [9.17, 15) is 0 Å². The minimum Gasteiger partial charge on any atom is -0.493 e. The van der Waals surface area contributed by atoms with Gasteiger partial charge in [-0.25, -0.2) is 0 Å². The summed E-state index contributed by atoms with van der Waals surface area (Å²) in [6.07, 6.45) is 2.23. The number of hydrogen-bond acceptors (Lipinski definition) is 2. The Labute approximate surface area is 103 Å². The van der Waals surface area contributed by atoms with Crippen molar-refractivity contribution in [2.24, 2.45) is 11.7 Å². The number of benzene rings is 1. The molecule has 0 heterocycles. The molecule has 88 valence electrons. The lowest BCUT2D eigenvalue weighted by Crippen LogP contribution is -2.12. The molecule has 0 fully saturated rings. The first kappa shape index (κ1) is 13.0. The molecule has 0 saturated carbocycles. The third-order valence-corrected chi connectivity index (χ3v) is 2.56. The molecule has 0 atom stereocenters. The average Bonchev–Trinajstić information content (AvgIpc) is 2.24. The predicted octanol–water partition coefficient (Wildman–Crippen LogP) is 3.14. The van der Waals surface area contributed by atoms with E-state index in [0.29, 0.717) is 4.99 Å². The van der Waals surface area contributed by atoms with Crippen LogP contribution in [0.5, 0.6) is 5.75 Å². The SMILES string of the molecule is CC(C)CCCOc1ccccc1C(N)=S. The molecule has 2 nitrogen and oxygen atoms in total. The van der Waals surface area contributed by atoms with Gasteiger partial charge in [0.1, 0.15) is 10.7 Å². The molecule has 0 amide bonds. The van der Waals surface area contributed by atoms with Gasteiger partial charge in [0, 0.05) is 0 Å². The Morgan fingerprint density at radius 1 is 1.38 bits per heavy atom. The van der Waals surface area contributed by atoms with Crippen molar-refractivity contribution in [1.29, 1.82) is 0 Å². The Morgan fingerprint density at radius 2 is 2.06 bits per heavy atom. The maximum atomic E-state index is 5.68. The maximum Gasteiger partial charge on any atom is 0.129 e. The summed E-state index contributed by atoms with van der Waals surface area (Å²) < 4.78 is 5.68. The summed E-state index contributed by atoms with van der Waals surface area (Å²) in [5.74, 6) is 1.51. The van der Waals surface area contributed by atoms with Crippen LogP contribution in [0.15, 0.2) is 24.3 Å². The first-order valence-corrected chi connectivity index (χ1v) is 6.03. The van der Waals surface area contributed by atoms with Gasteiger partial charge in [-0.05, 0) is 30.9 Å². The Morgan fingerprint density at radius 3 is 2.69 bits per heavy atom. The van der Waals surface area contributed by atoms with E-state index in [4.69, 9.17) is 22.7 Å². The van der Waals surface area contributed by atoms with Crippen LogP contribution in [0.4, 0.5) is 0 Å². The Kier molecular flexibility index (Phi) is 5.26. The van der Waals surface area contributed by atoms with Gasteiger partial charge in [-0.3, -0.25) is 0 Å². The lowest BCUT2D eigenvalue weighted by Gasteiger charge is -2.11. The summed E-state index contributed by atoms with van der Waals surface area (Å²) >= 11 is 4.97. The van der Waals surface area contributed by atoms with Crippen molar-refractivity contribution in [3.8, 4) is 5.75 Å². The van der Waals surface area contributed by atoms with E-state index >= 15 is 0 Å². The zero-order valence-corrected chi connectivity index (χ0v) is 10.7. The average molecular weight is 237 g/mol. The van der Waals surface area contributed by atoms with E-state index in [0.717, 1.165) is 30.3 Å². The van der Waals surface area contributed by atoms with E-state index in [2.05, 4.69) is 13.8 Å². The molecule has 0 aliphatic heterocycles. The lowest BCUT2D eigenvalue weighted by atomic mass is 10.1. The summed E-state index contributed by atoms with van der Waals surface area (Å²) in [5, 5.41) is 0. The van der Waals surface area contributed by atoms with Crippen molar-refractivity contribution in [3.63, 3.8) is 0 Å². The number of hydrogen-bond donors (Lipinski definition) is 1. The Hall–Kier alpha value is -1.09. The quantitative estimate of drug-likeness (QED) is 0.610. The molecule has 0 aliphatic carbocycles. The van der Waals surface area contributed by atoms with E-state index < -0.39 is 0 Å². The molecule has 16 heavy (non-hydrogen) atoms. The van der Waals surface area contributed by atoms with Crippen molar-refractivity contribution in [1.82, 2.24) is 0 Å². The molecule has 0 spiro atoms. The molecule has 0 radical (unpaired) electrons. The highest BCUT2D eigenvalue weighted by Crippen LogP contribution is 2.18. The number of para-hydroxylation sites is 1. The zero-order valence-electron chi connectivity index (χ0n) is 9.90. The van der Waals surface area contributed by atoms with Crippen LogP contribution in [0.2, 0.25) is 0 Å². The van der Waals surface area contributed by atoms with Crippen LogP contribution in [0.1, 0.15) is 32.3 Å². The first-order chi connectivity index (χ1) is 7.61. The van der Waals surface area contributed by atoms with Gasteiger partial charge < -0.3 is 10.5 Å². The van der Waals surface area contributed by atoms with Crippen LogP contribution < -0.4 is 10.5 Å². The minimum absolute atomic E-state index is 0.388. The molecule has 0 unspecified atom stereocenters. The third kappa shape index (κ3) is 4.19. The van der Waals surface area contributed by atoms with Crippen molar-refractivity contribution < 1.29 is 4.74 Å². The second-order valence-electron chi connectivity index (χ2n) is 4.24. The van der Waals surface area contributed by atoms with Gasteiger partial charge >= 0.3 is 0 Å². The standard InChI is InChI=1S/C13H19NOS/c1-10(2)6-5-9-15-12-8-4-3-7-11(12)13(14)16/h3-4,7-8,10H,5-6,9H2,1-2H3,(H2,14,16). The summed E-state index contributed by atoms with van der Waals surface area (Å²) in [6, 6.07) is 7.64. The number of ether oxygens (including phenoxy) is 1. The van der Waals surface area contributed by atoms with Crippen LogP contribution in [-0.4, -0.2) is 11.6 Å². The monoisotopic (exact) mass is 237 g/mol. The van der Waals surface area contributed by atoms with E-state index in [-0.39, 0.29) is 0 Å². The molecule has 2 N–H and O–H groups in total. The van der Waals surface area contributed by atoms with Gasteiger partial charge in [-0.1, -0.05) is 38.2 Å². The largest absolute Gasteiger partial charge is 0.493 e. The zero-order chi connectivity index (χ0) is 12.0. The highest BCUT2D eigenvalue weighted by molar-refractivity contribution is 7.80. The van der Waals surface area contributed by atoms with Gasteiger partial charge in [-0.15, -0.1) is 0 Å². The molecular formula is C13H19NOS. The minimum atomic E-state index is 0.388. The maximum absolute atomic E-state index is 5.68. The predicted molar refractivity (Wildman–Crippen MR) is 71.9 cm³/mol. The molecule has 0 aromatic heterocycles. The number of rotatable bonds is 6. The summed E-state index contributed by atoms with van der Waals surface area (Å²) in [4.78, 5) is 0.388. The molecule has 3 heteroatoms. The van der Waals surface area contributed by atoms with E-state index in [1.807, 2.05) is 24.3 Å². The van der Waals surface area contributed by atoms with Crippen molar-refractivity contribution >= 4 is 17.2 Å². The van der Waals surface area contributed by atoms with Crippen LogP contribution in [0, 0.1) is 5.92 Å². The Bertz CT molecular complexity index is 350. The van der Waals surface area contributed by atoms with Crippen LogP contribution in [0.3, 0.4) is 0 Å². The van der Waals surface area contributed by atoms with Crippen molar-refractivity contribution in [2.75, 3.05) is 6.61 Å². The van der Waals surface area contributed by atoms with Crippen molar-refractivity contribution in [3.05, 3.63) is 29.8 Å². The van der Waals surface area contributed by atoms with Crippen LogP contribution >= 0.6 is 12.2 Å². The van der Waals surface area contributed by atoms with Gasteiger partial charge in [0.05, 0.1) is 12.2 Å². The molecule has 1 aromatic rings. The number of thiocarbonyl (C=S) groups is 1. The molecule has 0 aliphatic rings. The van der Waals surface area contributed by atoms with Gasteiger partial charge in [0.2, 0.25) is 0 Å². The second-order valence-corrected chi connectivity index (χ2v) is 4.68. The molecule has 0 bridgehead atoms. The van der Waals surface area contributed by atoms with Crippen LogP contribution in [-0.2, 0) is 0 Å². The fraction of sp³-hybridized carbons (Fsp3) is 0.462. The third-order valence-electron chi connectivity index (χ3n) is 2.34. The van der Waals surface area contributed by atoms with Crippen molar-refractivity contribution in [2.45, 2.75) is 26.7 Å². The van der Waals surface area contributed by atoms with E-state index in [1.54, 1.807) is 0 Å². The number of nitrogens with two attached hydrogens (primary N) is 1. The molecule has 1 aromatic carbocycles. The summed E-state index contributed by atoms with van der Waals surface area (Å²) in [6.45, 7) is 5.14. The van der Waals surface area contributed by atoms with Gasteiger partial charge in [-0.2, -0.15) is 0 Å². The highest BCUT2D eigenvalue weighted by atomic mass is 32.1. The molecule has 1 rings (SSSR count). The smallest absolute Gasteiger partial charge is 0.129 e. The normalized spacial score (nSPS) is 10.4. The Balaban J connectivity index is 2.50. The summed E-state index contributed by atoms with van der Waals surface area (Å²) in [5.41, 5.74) is 6.44. The first-order valence-electron chi connectivity index (χ1n) is 5.63. The second kappa shape index (κ2) is 6.48. The molecule has 0 saturated heterocycles. The highest BCUT2D eigenvalue weighted by Gasteiger charge is 2.04. The van der Waals surface area contributed by atoms with Gasteiger partial charge in [0.15, 0.2) is 0 Å². The summed E-state index contributed by atoms with van der Waals surface area (Å²) in [7, 11) is 0. The fourth-order valence-electron chi connectivity index (χ4n) is 1.47. The molecular weight excluding hydrogens is 218 g/mol. The topological polar surface area (TPSA) is 35.2 Å². The lowest BCUT2D eigenvalue weighted by molar-refractivity contribution is 0.297.